The summed E-state index contributed by atoms with van der Waals surface area (Å²) >= 11 is 0. The SMILES string of the molecule is COc1ccc(C2(C(=O)N3CCC(C(=O)Nc4ccc5c(c4)OCO5)CC3)CCCCC2)cc1. The fourth-order valence-corrected chi connectivity index (χ4v) is 5.56. The lowest BCUT2D eigenvalue weighted by Crippen LogP contribution is -2.51. The Bertz CT molecular complexity index is 1040. The molecule has 1 N–H and O–H groups in total. The molecular weight excluding hydrogens is 432 g/mol. The standard InChI is InChI=1S/C27H32N2O5/c1-32-22-8-5-20(6-9-22)27(13-3-2-4-14-27)26(31)29-15-11-19(12-16-29)25(30)28-21-7-10-23-24(17-21)34-18-33-23/h5-10,17,19H,2-4,11-16,18H2,1H3,(H,28,30). The van der Waals surface area contributed by atoms with Crippen LogP contribution in [0.2, 0.25) is 0 Å². The number of nitrogens with zero attached hydrogens (tertiary/aromatic N) is 1. The third kappa shape index (κ3) is 4.31. The highest BCUT2D eigenvalue weighted by atomic mass is 16.7. The number of nitrogens with one attached hydrogen (secondary N) is 1. The lowest BCUT2D eigenvalue weighted by Gasteiger charge is -2.42. The Balaban J connectivity index is 1.23. The summed E-state index contributed by atoms with van der Waals surface area (Å²) < 4.78 is 16.0. The monoisotopic (exact) mass is 464 g/mol. The zero-order valence-electron chi connectivity index (χ0n) is 19.7. The normalized spacial score (nSPS) is 19.5. The van der Waals surface area contributed by atoms with Crippen molar-refractivity contribution >= 4 is 17.5 Å². The molecule has 0 aromatic heterocycles. The Labute approximate surface area is 200 Å². The number of methoxy groups -OCH3 is 1. The number of benzene rings is 2. The summed E-state index contributed by atoms with van der Waals surface area (Å²) in [5.41, 5.74) is 1.32. The van der Waals surface area contributed by atoms with E-state index in [4.69, 9.17) is 14.2 Å². The Morgan fingerprint density at radius 2 is 1.68 bits per heavy atom. The second-order valence-electron chi connectivity index (χ2n) is 9.50. The fraction of sp³-hybridized carbons (Fsp3) is 0.481. The van der Waals surface area contributed by atoms with Gasteiger partial charge in [-0.25, -0.2) is 0 Å². The van der Waals surface area contributed by atoms with Gasteiger partial charge < -0.3 is 24.4 Å². The molecule has 7 nitrogen and oxygen atoms in total. The number of likely N-dealkylation sites (tertiary alicyclic amines) is 1. The molecule has 2 aromatic rings. The van der Waals surface area contributed by atoms with Crippen LogP contribution in [0.15, 0.2) is 42.5 Å². The van der Waals surface area contributed by atoms with Gasteiger partial charge in [0.15, 0.2) is 11.5 Å². The van der Waals surface area contributed by atoms with Crippen LogP contribution in [0.25, 0.3) is 0 Å². The van der Waals surface area contributed by atoms with E-state index in [-0.39, 0.29) is 24.5 Å². The number of hydrogen-bond acceptors (Lipinski definition) is 5. The number of fused-ring (bicyclic) bond motifs is 1. The highest BCUT2D eigenvalue weighted by Gasteiger charge is 2.44. The van der Waals surface area contributed by atoms with Gasteiger partial charge >= 0.3 is 0 Å². The molecule has 1 aliphatic carbocycles. The molecule has 0 unspecified atom stereocenters. The van der Waals surface area contributed by atoms with Crippen LogP contribution in [0.4, 0.5) is 5.69 Å². The number of amides is 2. The minimum Gasteiger partial charge on any atom is -0.497 e. The van der Waals surface area contributed by atoms with E-state index in [1.165, 1.54) is 6.42 Å². The molecule has 2 amide bonds. The third-order valence-electron chi connectivity index (χ3n) is 7.55. The van der Waals surface area contributed by atoms with Crippen molar-refractivity contribution in [3.8, 4) is 17.2 Å². The van der Waals surface area contributed by atoms with E-state index < -0.39 is 5.41 Å². The van der Waals surface area contributed by atoms with Gasteiger partial charge in [-0.15, -0.1) is 0 Å². The number of piperidine rings is 1. The number of carbonyl (C=O) groups is 2. The van der Waals surface area contributed by atoms with E-state index in [0.29, 0.717) is 43.1 Å². The molecule has 2 heterocycles. The lowest BCUT2D eigenvalue weighted by molar-refractivity contribution is -0.141. The van der Waals surface area contributed by atoms with Crippen LogP contribution in [0.1, 0.15) is 50.5 Å². The van der Waals surface area contributed by atoms with Crippen LogP contribution >= 0.6 is 0 Å². The predicted octanol–water partition coefficient (Wildman–Crippen LogP) is 4.50. The quantitative estimate of drug-likeness (QED) is 0.705. The molecule has 0 atom stereocenters. The summed E-state index contributed by atoms with van der Waals surface area (Å²) in [6.07, 6.45) is 6.39. The molecule has 180 valence electrons. The number of hydrogen-bond donors (Lipinski definition) is 1. The maximum atomic E-state index is 13.9. The maximum absolute atomic E-state index is 13.9. The lowest BCUT2D eigenvalue weighted by atomic mass is 9.68. The van der Waals surface area contributed by atoms with Crippen LogP contribution in [-0.4, -0.2) is 43.7 Å². The van der Waals surface area contributed by atoms with Gasteiger partial charge in [0.05, 0.1) is 12.5 Å². The molecule has 0 radical (unpaired) electrons. The largest absolute Gasteiger partial charge is 0.497 e. The second kappa shape index (κ2) is 9.57. The minimum atomic E-state index is -0.466. The minimum absolute atomic E-state index is 0.00602. The van der Waals surface area contributed by atoms with Crippen LogP contribution < -0.4 is 19.5 Å². The Hall–Kier alpha value is -3.22. The number of rotatable bonds is 5. The Morgan fingerprint density at radius 3 is 2.38 bits per heavy atom. The van der Waals surface area contributed by atoms with E-state index in [2.05, 4.69) is 5.32 Å². The molecule has 34 heavy (non-hydrogen) atoms. The summed E-state index contributed by atoms with van der Waals surface area (Å²) in [5, 5.41) is 3.00. The molecule has 3 aliphatic rings. The zero-order valence-corrected chi connectivity index (χ0v) is 19.7. The predicted molar refractivity (Wildman–Crippen MR) is 128 cm³/mol. The van der Waals surface area contributed by atoms with Gasteiger partial charge in [0, 0.05) is 30.8 Å². The van der Waals surface area contributed by atoms with Crippen LogP contribution in [0.3, 0.4) is 0 Å². The highest BCUT2D eigenvalue weighted by Crippen LogP contribution is 2.42. The fourth-order valence-electron chi connectivity index (χ4n) is 5.56. The molecule has 1 saturated heterocycles. The molecule has 1 saturated carbocycles. The topological polar surface area (TPSA) is 77.1 Å². The van der Waals surface area contributed by atoms with Crippen LogP contribution in [0, 0.1) is 5.92 Å². The molecule has 2 fully saturated rings. The Kier molecular flexibility index (Phi) is 6.35. The van der Waals surface area contributed by atoms with E-state index >= 15 is 0 Å². The third-order valence-corrected chi connectivity index (χ3v) is 7.55. The zero-order chi connectivity index (χ0) is 23.5. The molecule has 0 spiro atoms. The highest BCUT2D eigenvalue weighted by molar-refractivity contribution is 5.93. The van der Waals surface area contributed by atoms with E-state index in [1.54, 1.807) is 13.2 Å². The summed E-state index contributed by atoms with van der Waals surface area (Å²) in [4.78, 5) is 28.8. The maximum Gasteiger partial charge on any atom is 0.233 e. The summed E-state index contributed by atoms with van der Waals surface area (Å²) in [5.74, 6) is 2.24. The van der Waals surface area contributed by atoms with Gasteiger partial charge in [-0.3, -0.25) is 9.59 Å². The molecule has 5 rings (SSSR count). The van der Waals surface area contributed by atoms with Crippen molar-refractivity contribution in [1.82, 2.24) is 4.90 Å². The molecule has 7 heteroatoms. The van der Waals surface area contributed by atoms with Crippen molar-refractivity contribution in [2.24, 2.45) is 5.92 Å². The number of carbonyl (C=O) groups excluding carboxylic acids is 2. The van der Waals surface area contributed by atoms with Crippen molar-refractivity contribution in [2.75, 3.05) is 32.3 Å². The summed E-state index contributed by atoms with van der Waals surface area (Å²) in [7, 11) is 1.66. The Morgan fingerprint density at radius 1 is 0.971 bits per heavy atom. The first-order chi connectivity index (χ1) is 16.6. The summed E-state index contributed by atoms with van der Waals surface area (Å²) in [6.45, 7) is 1.42. The molecular formula is C27H32N2O5. The van der Waals surface area contributed by atoms with E-state index in [0.717, 1.165) is 37.0 Å². The number of ether oxygens (including phenoxy) is 3. The number of anilines is 1. The van der Waals surface area contributed by atoms with Gasteiger partial charge in [-0.2, -0.15) is 0 Å². The van der Waals surface area contributed by atoms with Gasteiger partial charge in [0.2, 0.25) is 18.6 Å². The van der Waals surface area contributed by atoms with Crippen LogP contribution in [0.5, 0.6) is 17.2 Å². The van der Waals surface area contributed by atoms with Crippen molar-refractivity contribution in [3.05, 3.63) is 48.0 Å². The van der Waals surface area contributed by atoms with E-state index in [9.17, 15) is 9.59 Å². The average molecular weight is 465 g/mol. The molecule has 2 aliphatic heterocycles. The smallest absolute Gasteiger partial charge is 0.233 e. The molecule has 2 aromatic carbocycles. The van der Waals surface area contributed by atoms with E-state index in [1.807, 2.05) is 41.3 Å². The summed E-state index contributed by atoms with van der Waals surface area (Å²) in [6, 6.07) is 13.4. The van der Waals surface area contributed by atoms with Gasteiger partial charge in [-0.05, 0) is 55.5 Å². The van der Waals surface area contributed by atoms with Gasteiger partial charge in [-0.1, -0.05) is 31.4 Å². The van der Waals surface area contributed by atoms with Crippen molar-refractivity contribution in [3.63, 3.8) is 0 Å². The van der Waals surface area contributed by atoms with Crippen molar-refractivity contribution in [2.45, 2.75) is 50.4 Å². The van der Waals surface area contributed by atoms with Gasteiger partial charge in [0.25, 0.3) is 0 Å². The second-order valence-corrected chi connectivity index (χ2v) is 9.50. The van der Waals surface area contributed by atoms with Crippen molar-refractivity contribution < 1.29 is 23.8 Å². The average Bonchev–Trinajstić information content (AvgIpc) is 3.37. The van der Waals surface area contributed by atoms with Crippen molar-refractivity contribution in [1.29, 1.82) is 0 Å². The van der Waals surface area contributed by atoms with Crippen LogP contribution in [-0.2, 0) is 15.0 Å². The molecule has 0 bridgehead atoms. The first-order valence-electron chi connectivity index (χ1n) is 12.2. The first kappa shape index (κ1) is 22.6. The van der Waals surface area contributed by atoms with Gasteiger partial charge in [0.1, 0.15) is 5.75 Å². The first-order valence-corrected chi connectivity index (χ1v) is 12.2.